The molecule has 0 aromatic heterocycles. The van der Waals surface area contributed by atoms with Gasteiger partial charge in [-0.25, -0.2) is 0 Å². The Bertz CT molecular complexity index is 1080. The standard InChI is InChI=1S/C28H50N2O20/c1-8-16(38)19(41)21(43)27(45-8)49-24-14(7-34)47-26(48-23(17(39)12(37)5-32)11(4-31)29-9(2)35)15(30-10(3)36)25(24)50-28-22(44)20(42)18(40)13(6-33)46-28/h8,11-28,31-34,37-44H,4-7H2,1-3H3,(H,29,35)(H,30,36)/t8-,11-,12+,13+,14+,15+,16+,17-,18-,19+,20-,21-,22+,23+,24+,25+,26-,27-,28-/m0/s1. The summed E-state index contributed by atoms with van der Waals surface area (Å²) in [6.07, 6.45) is -30.1. The van der Waals surface area contributed by atoms with Crippen LogP contribution in [0.2, 0.25) is 0 Å². The van der Waals surface area contributed by atoms with Gasteiger partial charge >= 0.3 is 0 Å². The van der Waals surface area contributed by atoms with Crippen molar-refractivity contribution in [1.82, 2.24) is 10.6 Å². The van der Waals surface area contributed by atoms with E-state index >= 15 is 0 Å². The molecular weight excluding hydrogens is 684 g/mol. The Labute approximate surface area is 285 Å². The summed E-state index contributed by atoms with van der Waals surface area (Å²) >= 11 is 0. The van der Waals surface area contributed by atoms with Gasteiger partial charge in [0.1, 0.15) is 85.4 Å². The highest BCUT2D eigenvalue weighted by molar-refractivity contribution is 5.73. The number of amides is 2. The van der Waals surface area contributed by atoms with E-state index in [0.717, 1.165) is 13.8 Å². The summed E-state index contributed by atoms with van der Waals surface area (Å²) in [5, 5.41) is 128. The lowest BCUT2D eigenvalue weighted by atomic mass is 9.94. The van der Waals surface area contributed by atoms with E-state index in [0.29, 0.717) is 0 Å². The summed E-state index contributed by atoms with van der Waals surface area (Å²) in [4.78, 5) is 24.5. The number of carbonyl (C=O) groups is 2. The first-order valence-electron chi connectivity index (χ1n) is 15.9. The van der Waals surface area contributed by atoms with E-state index in [1.54, 1.807) is 0 Å². The lowest BCUT2D eigenvalue weighted by molar-refractivity contribution is -0.377. The Kier molecular flexibility index (Phi) is 16.0. The molecule has 0 unspecified atom stereocenters. The number of aliphatic hydroxyl groups excluding tert-OH is 12. The van der Waals surface area contributed by atoms with Crippen molar-refractivity contribution >= 4 is 11.8 Å². The van der Waals surface area contributed by atoms with Gasteiger partial charge in [0.25, 0.3) is 0 Å². The highest BCUT2D eigenvalue weighted by atomic mass is 16.8. The number of hydrogen-bond acceptors (Lipinski definition) is 20. The van der Waals surface area contributed by atoms with Gasteiger partial charge in [-0.05, 0) is 6.92 Å². The zero-order valence-electron chi connectivity index (χ0n) is 27.4. The minimum Gasteiger partial charge on any atom is -0.394 e. The minimum atomic E-state index is -2.04. The second kappa shape index (κ2) is 18.8. The second-order valence-corrected chi connectivity index (χ2v) is 12.4. The quantitative estimate of drug-likeness (QED) is 0.0742. The van der Waals surface area contributed by atoms with Gasteiger partial charge in [0.2, 0.25) is 11.8 Å². The van der Waals surface area contributed by atoms with E-state index in [-0.39, 0.29) is 0 Å². The molecule has 50 heavy (non-hydrogen) atoms. The Morgan fingerprint density at radius 1 is 0.680 bits per heavy atom. The first kappa shape index (κ1) is 42.6. The Morgan fingerprint density at radius 3 is 1.74 bits per heavy atom. The predicted molar refractivity (Wildman–Crippen MR) is 158 cm³/mol. The van der Waals surface area contributed by atoms with E-state index in [9.17, 15) is 70.9 Å². The predicted octanol–water partition coefficient (Wildman–Crippen LogP) is -8.80. The third kappa shape index (κ3) is 9.80. The Hall–Kier alpha value is -1.78. The van der Waals surface area contributed by atoms with Crippen LogP contribution in [-0.4, -0.2) is 216 Å². The summed E-state index contributed by atoms with van der Waals surface area (Å²) < 4.78 is 34.8. The van der Waals surface area contributed by atoms with Crippen molar-refractivity contribution in [3.8, 4) is 0 Å². The van der Waals surface area contributed by atoms with Gasteiger partial charge in [-0.2, -0.15) is 0 Å². The fourth-order valence-corrected chi connectivity index (χ4v) is 5.88. The van der Waals surface area contributed by atoms with Gasteiger partial charge in [-0.3, -0.25) is 9.59 Å². The Morgan fingerprint density at radius 2 is 1.22 bits per heavy atom. The molecule has 22 heteroatoms. The molecule has 0 bridgehead atoms. The molecule has 3 fully saturated rings. The van der Waals surface area contributed by atoms with Crippen LogP contribution in [0, 0.1) is 0 Å². The zero-order chi connectivity index (χ0) is 37.6. The number of carbonyl (C=O) groups excluding carboxylic acids is 2. The highest BCUT2D eigenvalue weighted by Gasteiger charge is 2.55. The lowest BCUT2D eigenvalue weighted by Crippen LogP contribution is -2.70. The largest absolute Gasteiger partial charge is 0.394 e. The van der Waals surface area contributed by atoms with Crippen molar-refractivity contribution in [1.29, 1.82) is 0 Å². The number of aliphatic hydroxyl groups is 12. The van der Waals surface area contributed by atoms with E-state index in [4.69, 9.17) is 28.4 Å². The SMILES string of the molecule is CC(=O)N[C@H]1[C@H](O[C@@H]([C@@H](O)[C@H](O)CO)[C@H](CO)NC(C)=O)O[C@H](CO)[C@@H](O[C@@H]2O[C@@H](C)[C@@H](O)[C@@H](O)[C@@H]2O)[C@@H]1O[C@@H]1O[C@H](CO)[C@H](O)[C@H](O)[C@H]1O. The van der Waals surface area contributed by atoms with Crippen molar-refractivity contribution < 1.29 is 99.3 Å². The third-order valence-electron chi connectivity index (χ3n) is 8.63. The second-order valence-electron chi connectivity index (χ2n) is 12.4. The molecule has 3 heterocycles. The maximum absolute atomic E-state index is 12.6. The average Bonchev–Trinajstić information content (AvgIpc) is 3.08. The van der Waals surface area contributed by atoms with Gasteiger partial charge in [0, 0.05) is 13.8 Å². The number of nitrogens with one attached hydrogen (secondary N) is 2. The average molecular weight is 735 g/mol. The monoisotopic (exact) mass is 734 g/mol. The van der Waals surface area contributed by atoms with Crippen LogP contribution in [0.25, 0.3) is 0 Å². The minimum absolute atomic E-state index is 0.718. The van der Waals surface area contributed by atoms with Crippen LogP contribution in [0.4, 0.5) is 0 Å². The van der Waals surface area contributed by atoms with Crippen LogP contribution in [0.15, 0.2) is 0 Å². The van der Waals surface area contributed by atoms with Crippen LogP contribution in [-0.2, 0) is 38.0 Å². The molecule has 0 aliphatic carbocycles. The van der Waals surface area contributed by atoms with Gasteiger partial charge < -0.3 is 100 Å². The third-order valence-corrected chi connectivity index (χ3v) is 8.63. The molecule has 0 spiro atoms. The maximum Gasteiger partial charge on any atom is 0.217 e. The summed E-state index contributed by atoms with van der Waals surface area (Å²) in [5.74, 6) is -1.52. The zero-order valence-corrected chi connectivity index (χ0v) is 27.4. The molecule has 3 aliphatic heterocycles. The molecule has 0 saturated carbocycles. The van der Waals surface area contributed by atoms with Crippen molar-refractivity contribution in [2.45, 2.75) is 137 Å². The lowest BCUT2D eigenvalue weighted by Gasteiger charge is -2.51. The molecule has 0 aromatic carbocycles. The molecule has 0 radical (unpaired) electrons. The van der Waals surface area contributed by atoms with Crippen LogP contribution in [0.3, 0.4) is 0 Å². The van der Waals surface area contributed by atoms with E-state index < -0.39 is 155 Å². The van der Waals surface area contributed by atoms with Gasteiger partial charge in [-0.15, -0.1) is 0 Å². The van der Waals surface area contributed by atoms with Crippen molar-refractivity contribution in [3.63, 3.8) is 0 Å². The summed E-state index contributed by atoms with van der Waals surface area (Å²) in [5.41, 5.74) is 0. The van der Waals surface area contributed by atoms with Gasteiger partial charge in [-0.1, -0.05) is 0 Å². The van der Waals surface area contributed by atoms with E-state index in [2.05, 4.69) is 10.6 Å². The summed E-state index contributed by atoms with van der Waals surface area (Å²) in [6.45, 7) is -0.283. The van der Waals surface area contributed by atoms with Gasteiger partial charge in [0.05, 0.1) is 38.6 Å². The first-order valence-corrected chi connectivity index (χ1v) is 15.9. The van der Waals surface area contributed by atoms with Crippen LogP contribution < -0.4 is 10.6 Å². The molecule has 3 rings (SSSR count). The van der Waals surface area contributed by atoms with Crippen molar-refractivity contribution in [2.75, 3.05) is 26.4 Å². The van der Waals surface area contributed by atoms with Crippen LogP contribution in [0.5, 0.6) is 0 Å². The van der Waals surface area contributed by atoms with Gasteiger partial charge in [0.15, 0.2) is 18.9 Å². The smallest absolute Gasteiger partial charge is 0.217 e. The highest BCUT2D eigenvalue weighted by Crippen LogP contribution is 2.34. The molecule has 14 N–H and O–H groups in total. The normalized spacial score (nSPS) is 41.9. The fraction of sp³-hybridized carbons (Fsp3) is 0.929. The maximum atomic E-state index is 12.6. The molecule has 2 amide bonds. The number of hydrogen-bond donors (Lipinski definition) is 14. The van der Waals surface area contributed by atoms with Crippen LogP contribution >= 0.6 is 0 Å². The topological polar surface area (TPSA) is 356 Å². The number of rotatable bonds is 15. The van der Waals surface area contributed by atoms with E-state index in [1.807, 2.05) is 0 Å². The number of ether oxygens (including phenoxy) is 6. The molecule has 3 aliphatic rings. The molecule has 22 nitrogen and oxygen atoms in total. The molecule has 3 saturated heterocycles. The molecule has 292 valence electrons. The first-order chi connectivity index (χ1) is 23.5. The molecule has 19 atom stereocenters. The summed E-state index contributed by atoms with van der Waals surface area (Å²) in [6, 6.07) is -3.17. The van der Waals surface area contributed by atoms with E-state index in [1.165, 1.54) is 6.92 Å². The van der Waals surface area contributed by atoms with Crippen molar-refractivity contribution in [3.05, 3.63) is 0 Å². The molecule has 0 aromatic rings. The Balaban J connectivity index is 2.12. The van der Waals surface area contributed by atoms with Crippen molar-refractivity contribution in [2.24, 2.45) is 0 Å². The van der Waals surface area contributed by atoms with Crippen LogP contribution in [0.1, 0.15) is 20.8 Å². The fourth-order valence-electron chi connectivity index (χ4n) is 5.88. The summed E-state index contributed by atoms with van der Waals surface area (Å²) in [7, 11) is 0. The molecular formula is C28H50N2O20.